The van der Waals surface area contributed by atoms with Gasteiger partial charge < -0.3 is 5.73 Å². The van der Waals surface area contributed by atoms with Gasteiger partial charge in [-0.2, -0.15) is 0 Å². The van der Waals surface area contributed by atoms with Crippen molar-refractivity contribution in [1.82, 2.24) is 0 Å². The maximum Gasteiger partial charge on any atom is 0.0676 e. The van der Waals surface area contributed by atoms with Gasteiger partial charge in [0.1, 0.15) is 0 Å². The number of allylic oxidation sites excluding steroid dienone is 9. The van der Waals surface area contributed by atoms with Crippen molar-refractivity contribution in [2.45, 2.75) is 32.1 Å². The van der Waals surface area contributed by atoms with Gasteiger partial charge in [0.2, 0.25) is 0 Å². The van der Waals surface area contributed by atoms with E-state index in [0.29, 0.717) is 17.8 Å². The van der Waals surface area contributed by atoms with Gasteiger partial charge >= 0.3 is 0 Å². The zero-order chi connectivity index (χ0) is 21.7. The highest BCUT2D eigenvalue weighted by Gasteiger charge is 2.30. The molecule has 2 aromatic carbocycles. The lowest BCUT2D eigenvalue weighted by atomic mass is 9.73. The summed E-state index contributed by atoms with van der Waals surface area (Å²) < 4.78 is 0. The maximum absolute atomic E-state index is 6.55. The Morgan fingerprint density at radius 1 is 1.06 bits per heavy atom. The van der Waals surface area contributed by atoms with Crippen LogP contribution < -0.4 is 5.73 Å². The van der Waals surface area contributed by atoms with E-state index in [-0.39, 0.29) is 0 Å². The second-order valence-electron chi connectivity index (χ2n) is 9.23. The van der Waals surface area contributed by atoms with E-state index in [4.69, 9.17) is 10.7 Å². The van der Waals surface area contributed by atoms with E-state index in [2.05, 4.69) is 85.0 Å². The average Bonchev–Trinajstić information content (AvgIpc) is 2.85. The molecule has 2 heteroatoms. The van der Waals surface area contributed by atoms with E-state index in [0.717, 1.165) is 36.4 Å². The van der Waals surface area contributed by atoms with Gasteiger partial charge in [0, 0.05) is 17.8 Å². The van der Waals surface area contributed by atoms with Crippen LogP contribution in [0.15, 0.2) is 106 Å². The maximum atomic E-state index is 6.55. The summed E-state index contributed by atoms with van der Waals surface area (Å²) in [5, 5.41) is 2.68. The van der Waals surface area contributed by atoms with Crippen molar-refractivity contribution in [3.8, 4) is 0 Å². The summed E-state index contributed by atoms with van der Waals surface area (Å²) >= 11 is 0. The number of benzene rings is 2. The standard InChI is InChI=1S/C30H28N2/c1-2-5-21-11-12-22-15-17-27(32-30(22)29(21)31)24-14-16-26-23(18-24)13-10-20-9-8-19-6-3-4-7-25(19)28(20)26/h2-10,13-14,16-18,22-23,26H,11-12,15,31H2,1H3/b5-2-. The van der Waals surface area contributed by atoms with Crippen molar-refractivity contribution in [3.63, 3.8) is 0 Å². The fourth-order valence-electron chi connectivity index (χ4n) is 5.73. The predicted octanol–water partition coefficient (Wildman–Crippen LogP) is 6.99. The molecule has 3 unspecified atom stereocenters. The first kappa shape index (κ1) is 19.3. The molecular formula is C30H28N2. The van der Waals surface area contributed by atoms with Crippen LogP contribution in [0.5, 0.6) is 0 Å². The first-order valence-corrected chi connectivity index (χ1v) is 11.7. The fraction of sp³-hybridized carbons (Fsp3) is 0.233. The van der Waals surface area contributed by atoms with Gasteiger partial charge in [0.15, 0.2) is 0 Å². The van der Waals surface area contributed by atoms with E-state index >= 15 is 0 Å². The van der Waals surface area contributed by atoms with Crippen molar-refractivity contribution >= 4 is 22.6 Å². The second-order valence-corrected chi connectivity index (χ2v) is 9.23. The molecule has 0 spiro atoms. The zero-order valence-electron chi connectivity index (χ0n) is 18.5. The lowest BCUT2D eigenvalue weighted by Gasteiger charge is -2.32. The van der Waals surface area contributed by atoms with Crippen LogP contribution in [-0.2, 0) is 0 Å². The number of hydrogen-bond donors (Lipinski definition) is 1. The molecule has 0 fully saturated rings. The molecule has 3 aliphatic carbocycles. The molecule has 2 nitrogen and oxygen atoms in total. The molecule has 0 saturated carbocycles. The number of nitrogens with two attached hydrogens (primary N) is 1. The van der Waals surface area contributed by atoms with E-state index in [1.165, 1.54) is 33.0 Å². The van der Waals surface area contributed by atoms with Crippen molar-refractivity contribution in [3.05, 3.63) is 113 Å². The van der Waals surface area contributed by atoms with Crippen LogP contribution >= 0.6 is 0 Å². The number of fused-ring (bicyclic) bond motifs is 6. The van der Waals surface area contributed by atoms with Crippen molar-refractivity contribution in [2.75, 3.05) is 0 Å². The Balaban J connectivity index is 1.36. The molecule has 158 valence electrons. The Morgan fingerprint density at radius 3 is 2.88 bits per heavy atom. The molecule has 0 aromatic heterocycles. The fourth-order valence-corrected chi connectivity index (χ4v) is 5.73. The summed E-state index contributed by atoms with van der Waals surface area (Å²) in [6.07, 6.45) is 21.4. The Labute approximate surface area is 189 Å². The quantitative estimate of drug-likeness (QED) is 0.563. The highest BCUT2D eigenvalue weighted by Crippen LogP contribution is 2.44. The molecule has 2 N–H and O–H groups in total. The first-order valence-electron chi connectivity index (χ1n) is 11.7. The van der Waals surface area contributed by atoms with Crippen molar-refractivity contribution in [1.29, 1.82) is 0 Å². The number of rotatable bonds is 2. The summed E-state index contributed by atoms with van der Waals surface area (Å²) in [7, 11) is 0. The highest BCUT2D eigenvalue weighted by molar-refractivity contribution is 6.04. The molecule has 4 aliphatic rings. The third-order valence-corrected chi connectivity index (χ3v) is 7.38. The number of nitrogens with zero attached hydrogens (tertiary/aromatic N) is 1. The Hall–Kier alpha value is -3.39. The summed E-state index contributed by atoms with van der Waals surface area (Å²) in [5.74, 6) is 1.18. The van der Waals surface area contributed by atoms with Gasteiger partial charge in [0.25, 0.3) is 0 Å². The first-order chi connectivity index (χ1) is 15.7. The molecule has 0 radical (unpaired) electrons. The van der Waals surface area contributed by atoms with Gasteiger partial charge in [0.05, 0.1) is 17.1 Å². The van der Waals surface area contributed by atoms with Crippen LogP contribution in [0, 0.1) is 11.8 Å². The van der Waals surface area contributed by atoms with Crippen LogP contribution in [0.4, 0.5) is 0 Å². The zero-order valence-corrected chi connectivity index (χ0v) is 18.5. The smallest absolute Gasteiger partial charge is 0.0676 e. The molecule has 0 bridgehead atoms. The Bertz CT molecular complexity index is 1330. The van der Waals surface area contributed by atoms with Crippen LogP contribution in [0.2, 0.25) is 0 Å². The molecule has 2 aromatic rings. The predicted molar refractivity (Wildman–Crippen MR) is 135 cm³/mol. The van der Waals surface area contributed by atoms with Crippen molar-refractivity contribution < 1.29 is 0 Å². The van der Waals surface area contributed by atoms with E-state index in [1.54, 1.807) is 0 Å². The molecule has 32 heavy (non-hydrogen) atoms. The molecule has 0 amide bonds. The normalized spacial score (nSPS) is 26.4. The van der Waals surface area contributed by atoms with E-state index in [1.807, 2.05) is 6.92 Å². The summed E-state index contributed by atoms with van der Waals surface area (Å²) in [5.41, 5.74) is 14.8. The lowest BCUT2D eigenvalue weighted by Crippen LogP contribution is -2.29. The van der Waals surface area contributed by atoms with Crippen LogP contribution in [0.25, 0.3) is 16.8 Å². The molecule has 3 atom stereocenters. The Morgan fingerprint density at radius 2 is 1.97 bits per heavy atom. The monoisotopic (exact) mass is 416 g/mol. The van der Waals surface area contributed by atoms with Gasteiger partial charge in [-0.1, -0.05) is 85.0 Å². The minimum absolute atomic E-state index is 0.352. The van der Waals surface area contributed by atoms with Crippen LogP contribution in [0.1, 0.15) is 43.2 Å². The van der Waals surface area contributed by atoms with Crippen LogP contribution in [0.3, 0.4) is 0 Å². The lowest BCUT2D eigenvalue weighted by molar-refractivity contribution is 0.606. The van der Waals surface area contributed by atoms with Crippen molar-refractivity contribution in [2.24, 2.45) is 22.6 Å². The number of hydrogen-bond acceptors (Lipinski definition) is 2. The third-order valence-electron chi connectivity index (χ3n) is 7.38. The number of aliphatic imine (C=N–C) groups is 1. The van der Waals surface area contributed by atoms with Crippen LogP contribution in [-0.4, -0.2) is 5.71 Å². The summed E-state index contributed by atoms with van der Waals surface area (Å²) in [6, 6.07) is 13.2. The van der Waals surface area contributed by atoms with E-state index < -0.39 is 0 Å². The molecule has 1 aliphatic heterocycles. The summed E-state index contributed by atoms with van der Waals surface area (Å²) in [4.78, 5) is 5.09. The van der Waals surface area contributed by atoms with E-state index in [9.17, 15) is 0 Å². The van der Waals surface area contributed by atoms with Gasteiger partial charge in [-0.15, -0.1) is 0 Å². The van der Waals surface area contributed by atoms with Gasteiger partial charge in [-0.25, -0.2) is 0 Å². The minimum Gasteiger partial charge on any atom is -0.397 e. The topological polar surface area (TPSA) is 38.4 Å². The highest BCUT2D eigenvalue weighted by atomic mass is 14.8. The molecule has 0 saturated heterocycles. The SMILES string of the molecule is C/C=C\C1=C(N)C2=NC(C3=CC4C=Cc5ccc6ccccc6c5C4C=C3)=CCC2CC1. The summed E-state index contributed by atoms with van der Waals surface area (Å²) in [6.45, 7) is 2.05. The van der Waals surface area contributed by atoms with Gasteiger partial charge in [-0.05, 0) is 59.2 Å². The minimum atomic E-state index is 0.352. The third kappa shape index (κ3) is 3.05. The Kier molecular flexibility index (Phi) is 4.61. The molecule has 6 rings (SSSR count). The van der Waals surface area contributed by atoms with Gasteiger partial charge in [-0.3, -0.25) is 4.99 Å². The largest absolute Gasteiger partial charge is 0.397 e. The average molecular weight is 417 g/mol. The second kappa shape index (κ2) is 7.63. The molecular weight excluding hydrogens is 388 g/mol. The molecule has 1 heterocycles.